The predicted octanol–water partition coefficient (Wildman–Crippen LogP) is 2.11. The summed E-state index contributed by atoms with van der Waals surface area (Å²) < 4.78 is 23.0. The standard InChI is InChI=1S/C14H20O3S/c1-2-18(16,17)10-9-12-8-7-11-5-3-4-6-13(11)14(12)15/h3-6,12,14-15H,2,7-10H2,1H3. The third-order valence-electron chi connectivity index (χ3n) is 3.84. The van der Waals surface area contributed by atoms with Crippen molar-refractivity contribution in [3.8, 4) is 0 Å². The molecule has 0 radical (unpaired) electrons. The Morgan fingerprint density at radius 1 is 1.33 bits per heavy atom. The van der Waals surface area contributed by atoms with Crippen molar-refractivity contribution in [1.82, 2.24) is 0 Å². The lowest BCUT2D eigenvalue weighted by Gasteiger charge is -2.30. The molecule has 2 unspecified atom stereocenters. The van der Waals surface area contributed by atoms with Gasteiger partial charge in [-0.2, -0.15) is 0 Å². The third-order valence-corrected chi connectivity index (χ3v) is 5.58. The molecular formula is C14H20O3S. The van der Waals surface area contributed by atoms with Crippen LogP contribution in [0.25, 0.3) is 0 Å². The van der Waals surface area contributed by atoms with Crippen LogP contribution < -0.4 is 0 Å². The van der Waals surface area contributed by atoms with E-state index in [1.807, 2.05) is 24.3 Å². The first-order chi connectivity index (χ1) is 8.53. The molecule has 1 aromatic rings. The van der Waals surface area contributed by atoms with Crippen LogP contribution in [0.2, 0.25) is 0 Å². The molecule has 4 heteroatoms. The fourth-order valence-electron chi connectivity index (χ4n) is 2.58. The summed E-state index contributed by atoms with van der Waals surface area (Å²) in [6, 6.07) is 7.89. The SMILES string of the molecule is CCS(=O)(=O)CCC1CCc2ccccc2C1O. The molecule has 0 amide bonds. The first kappa shape index (κ1) is 13.6. The second-order valence-corrected chi connectivity index (χ2v) is 7.44. The third kappa shape index (κ3) is 2.93. The van der Waals surface area contributed by atoms with Crippen LogP contribution in [0, 0.1) is 5.92 Å². The molecule has 0 spiro atoms. The molecule has 1 aliphatic rings. The summed E-state index contributed by atoms with van der Waals surface area (Å²) in [5.41, 5.74) is 2.17. The van der Waals surface area contributed by atoms with Crippen molar-refractivity contribution in [3.05, 3.63) is 35.4 Å². The van der Waals surface area contributed by atoms with Gasteiger partial charge in [0.25, 0.3) is 0 Å². The Balaban J connectivity index is 2.06. The van der Waals surface area contributed by atoms with Crippen LogP contribution in [0.1, 0.15) is 37.0 Å². The maximum absolute atomic E-state index is 11.5. The quantitative estimate of drug-likeness (QED) is 0.910. The van der Waals surface area contributed by atoms with E-state index in [-0.39, 0.29) is 17.4 Å². The molecule has 1 aliphatic carbocycles. The number of aliphatic hydroxyl groups excluding tert-OH is 1. The van der Waals surface area contributed by atoms with Gasteiger partial charge in [-0.15, -0.1) is 0 Å². The summed E-state index contributed by atoms with van der Waals surface area (Å²) in [5, 5.41) is 10.3. The minimum Gasteiger partial charge on any atom is -0.388 e. The maximum Gasteiger partial charge on any atom is 0.150 e. The van der Waals surface area contributed by atoms with Gasteiger partial charge in [-0.25, -0.2) is 8.42 Å². The fraction of sp³-hybridized carbons (Fsp3) is 0.571. The molecule has 1 N–H and O–H groups in total. The maximum atomic E-state index is 11.5. The number of hydrogen-bond acceptors (Lipinski definition) is 3. The molecule has 0 bridgehead atoms. The highest BCUT2D eigenvalue weighted by Gasteiger charge is 2.28. The van der Waals surface area contributed by atoms with Crippen LogP contribution in [-0.2, 0) is 16.3 Å². The van der Waals surface area contributed by atoms with Gasteiger partial charge in [0.05, 0.1) is 11.9 Å². The lowest BCUT2D eigenvalue weighted by molar-refractivity contribution is 0.0918. The fourth-order valence-corrected chi connectivity index (χ4v) is 3.53. The Morgan fingerprint density at radius 3 is 2.78 bits per heavy atom. The van der Waals surface area contributed by atoms with Gasteiger partial charge in [-0.1, -0.05) is 31.2 Å². The second-order valence-electron chi connectivity index (χ2n) is 4.97. The van der Waals surface area contributed by atoms with Gasteiger partial charge in [0.15, 0.2) is 0 Å². The van der Waals surface area contributed by atoms with Crippen LogP contribution in [0.5, 0.6) is 0 Å². The van der Waals surface area contributed by atoms with E-state index in [1.54, 1.807) is 6.92 Å². The van der Waals surface area contributed by atoms with Crippen molar-refractivity contribution in [3.63, 3.8) is 0 Å². The Morgan fingerprint density at radius 2 is 2.06 bits per heavy atom. The van der Waals surface area contributed by atoms with E-state index in [9.17, 15) is 13.5 Å². The highest BCUT2D eigenvalue weighted by Crippen LogP contribution is 2.36. The van der Waals surface area contributed by atoms with Gasteiger partial charge in [-0.05, 0) is 36.3 Å². The lowest BCUT2D eigenvalue weighted by atomic mass is 9.80. The average molecular weight is 268 g/mol. The number of hydrogen-bond donors (Lipinski definition) is 1. The first-order valence-electron chi connectivity index (χ1n) is 6.50. The summed E-state index contributed by atoms with van der Waals surface area (Å²) in [4.78, 5) is 0. The largest absolute Gasteiger partial charge is 0.388 e. The van der Waals surface area contributed by atoms with E-state index in [0.717, 1.165) is 18.4 Å². The summed E-state index contributed by atoms with van der Waals surface area (Å²) in [6.45, 7) is 1.67. The summed E-state index contributed by atoms with van der Waals surface area (Å²) in [7, 11) is -2.93. The molecule has 0 saturated carbocycles. The van der Waals surface area contributed by atoms with E-state index in [2.05, 4.69) is 0 Å². The van der Waals surface area contributed by atoms with Crippen LogP contribution in [-0.4, -0.2) is 25.0 Å². The van der Waals surface area contributed by atoms with E-state index in [1.165, 1.54) is 5.56 Å². The molecule has 1 aromatic carbocycles. The first-order valence-corrected chi connectivity index (χ1v) is 8.32. The monoisotopic (exact) mass is 268 g/mol. The number of aliphatic hydroxyl groups is 1. The molecule has 2 rings (SSSR count). The molecule has 2 atom stereocenters. The molecule has 0 saturated heterocycles. The molecule has 0 aliphatic heterocycles. The zero-order valence-corrected chi connectivity index (χ0v) is 11.5. The van der Waals surface area contributed by atoms with Crippen LogP contribution in [0.4, 0.5) is 0 Å². The van der Waals surface area contributed by atoms with E-state index < -0.39 is 15.9 Å². The summed E-state index contributed by atoms with van der Waals surface area (Å²) in [5.74, 6) is 0.445. The van der Waals surface area contributed by atoms with E-state index in [4.69, 9.17) is 0 Å². The highest BCUT2D eigenvalue weighted by atomic mass is 32.2. The molecule has 100 valence electrons. The van der Waals surface area contributed by atoms with Gasteiger partial charge in [-0.3, -0.25) is 0 Å². The number of aryl methyl sites for hydroxylation is 1. The Labute approximate surface area is 109 Å². The van der Waals surface area contributed by atoms with E-state index in [0.29, 0.717) is 6.42 Å². The van der Waals surface area contributed by atoms with Crippen LogP contribution in [0.3, 0.4) is 0 Å². The second kappa shape index (κ2) is 5.41. The topological polar surface area (TPSA) is 54.4 Å². The van der Waals surface area contributed by atoms with Crippen molar-refractivity contribution in [1.29, 1.82) is 0 Å². The molecular weight excluding hydrogens is 248 g/mol. The van der Waals surface area contributed by atoms with Gasteiger partial charge in [0, 0.05) is 5.75 Å². The van der Waals surface area contributed by atoms with Crippen molar-refractivity contribution >= 4 is 9.84 Å². The number of benzene rings is 1. The Bertz CT molecular complexity index is 508. The van der Waals surface area contributed by atoms with Gasteiger partial charge < -0.3 is 5.11 Å². The van der Waals surface area contributed by atoms with Crippen molar-refractivity contribution < 1.29 is 13.5 Å². The van der Waals surface area contributed by atoms with Crippen molar-refractivity contribution in [2.75, 3.05) is 11.5 Å². The average Bonchev–Trinajstić information content (AvgIpc) is 2.38. The Hall–Kier alpha value is -0.870. The Kier molecular flexibility index (Phi) is 4.07. The minimum absolute atomic E-state index is 0.0706. The number of sulfone groups is 1. The molecule has 0 heterocycles. The van der Waals surface area contributed by atoms with E-state index >= 15 is 0 Å². The molecule has 3 nitrogen and oxygen atoms in total. The van der Waals surface area contributed by atoms with Crippen LogP contribution >= 0.6 is 0 Å². The van der Waals surface area contributed by atoms with Crippen molar-refractivity contribution in [2.24, 2.45) is 5.92 Å². The normalized spacial score (nSPS) is 23.7. The zero-order chi connectivity index (χ0) is 13.2. The minimum atomic E-state index is -2.93. The zero-order valence-electron chi connectivity index (χ0n) is 10.7. The molecule has 18 heavy (non-hydrogen) atoms. The lowest BCUT2D eigenvalue weighted by Crippen LogP contribution is -2.23. The number of rotatable bonds is 4. The summed E-state index contributed by atoms with van der Waals surface area (Å²) >= 11 is 0. The van der Waals surface area contributed by atoms with Gasteiger partial charge in [0.1, 0.15) is 9.84 Å². The van der Waals surface area contributed by atoms with Gasteiger partial charge >= 0.3 is 0 Å². The molecule has 0 aromatic heterocycles. The van der Waals surface area contributed by atoms with Crippen molar-refractivity contribution in [2.45, 2.75) is 32.3 Å². The highest BCUT2D eigenvalue weighted by molar-refractivity contribution is 7.91. The summed E-state index contributed by atoms with van der Waals surface area (Å²) in [6.07, 6.45) is 1.86. The predicted molar refractivity (Wildman–Crippen MR) is 72.2 cm³/mol. The van der Waals surface area contributed by atoms with Crippen LogP contribution in [0.15, 0.2) is 24.3 Å². The van der Waals surface area contributed by atoms with Gasteiger partial charge in [0.2, 0.25) is 0 Å². The smallest absolute Gasteiger partial charge is 0.150 e. The number of fused-ring (bicyclic) bond motifs is 1. The molecule has 0 fully saturated rings.